The molecule has 0 spiro atoms. The second kappa shape index (κ2) is 5.73. The van der Waals surface area contributed by atoms with E-state index in [2.05, 4.69) is 9.93 Å². The Hall–Kier alpha value is -2.08. The van der Waals surface area contributed by atoms with Crippen molar-refractivity contribution in [2.45, 2.75) is 18.7 Å². The third-order valence-electron chi connectivity index (χ3n) is 3.02. The van der Waals surface area contributed by atoms with Crippen molar-refractivity contribution >= 4 is 32.2 Å². The van der Waals surface area contributed by atoms with Crippen molar-refractivity contribution in [3.8, 4) is 0 Å². The van der Waals surface area contributed by atoms with Gasteiger partial charge in [-0.2, -0.15) is 13.5 Å². The molecule has 1 N–H and O–H groups in total. The molecule has 0 atom stereocenters. The Balaban J connectivity index is 2.66. The number of sulfonamides is 1. The van der Waals surface area contributed by atoms with Crippen LogP contribution in [-0.2, 0) is 10.0 Å². The van der Waals surface area contributed by atoms with Gasteiger partial charge in [0.1, 0.15) is 0 Å². The van der Waals surface area contributed by atoms with Gasteiger partial charge in [-0.3, -0.25) is 0 Å². The maximum absolute atomic E-state index is 12.4. The fraction of sp³-hybridized carbons (Fsp3) is 0.267. The number of rotatable bonds is 4. The number of benzene rings is 2. The molecule has 0 aliphatic heterocycles. The van der Waals surface area contributed by atoms with E-state index in [1.807, 2.05) is 37.2 Å². The first-order chi connectivity index (χ1) is 9.83. The zero-order valence-corrected chi connectivity index (χ0v) is 13.4. The van der Waals surface area contributed by atoms with Crippen molar-refractivity contribution in [2.24, 2.45) is 5.10 Å². The van der Waals surface area contributed by atoms with Gasteiger partial charge >= 0.3 is 0 Å². The Bertz CT molecular complexity index is 792. The van der Waals surface area contributed by atoms with E-state index >= 15 is 0 Å². The highest BCUT2D eigenvalue weighted by molar-refractivity contribution is 7.89. The van der Waals surface area contributed by atoms with Crippen molar-refractivity contribution in [2.75, 3.05) is 19.0 Å². The molecule has 0 bridgehead atoms. The van der Waals surface area contributed by atoms with Crippen LogP contribution >= 0.6 is 0 Å². The lowest BCUT2D eigenvalue weighted by atomic mass is 10.1. The van der Waals surface area contributed by atoms with Crippen LogP contribution in [-0.4, -0.2) is 28.2 Å². The van der Waals surface area contributed by atoms with Crippen LogP contribution in [0.3, 0.4) is 0 Å². The molecule has 0 unspecified atom stereocenters. The monoisotopic (exact) mass is 305 g/mol. The van der Waals surface area contributed by atoms with E-state index < -0.39 is 10.0 Å². The Morgan fingerprint density at radius 3 is 2.29 bits per heavy atom. The standard InChI is InChI=1S/C15H19N3O2S/c1-11(2)16-17-21(19,20)15-10-6-7-12-13(15)8-5-9-14(12)18(3)4/h5-10,17H,1-4H3. The molecule has 21 heavy (non-hydrogen) atoms. The molecular weight excluding hydrogens is 286 g/mol. The van der Waals surface area contributed by atoms with Crippen LogP contribution in [0, 0.1) is 0 Å². The molecule has 0 heterocycles. The summed E-state index contributed by atoms with van der Waals surface area (Å²) in [5, 5.41) is 5.38. The molecule has 0 amide bonds. The molecule has 0 aliphatic carbocycles. The third-order valence-corrected chi connectivity index (χ3v) is 4.29. The second-order valence-corrected chi connectivity index (χ2v) is 6.81. The number of anilines is 1. The lowest BCUT2D eigenvalue weighted by Crippen LogP contribution is -2.19. The number of hydrogen-bond donors (Lipinski definition) is 1. The van der Waals surface area contributed by atoms with Crippen molar-refractivity contribution in [1.29, 1.82) is 0 Å². The number of nitrogens with zero attached hydrogens (tertiary/aromatic N) is 2. The van der Waals surface area contributed by atoms with Crippen LogP contribution in [0.25, 0.3) is 10.8 Å². The Labute approximate surface area is 125 Å². The van der Waals surface area contributed by atoms with E-state index in [1.165, 1.54) is 0 Å². The highest BCUT2D eigenvalue weighted by Crippen LogP contribution is 2.29. The highest BCUT2D eigenvalue weighted by atomic mass is 32.2. The minimum absolute atomic E-state index is 0.230. The van der Waals surface area contributed by atoms with E-state index in [-0.39, 0.29) is 4.90 Å². The van der Waals surface area contributed by atoms with Crippen LogP contribution in [0.4, 0.5) is 5.69 Å². The van der Waals surface area contributed by atoms with Gasteiger partial charge in [0.2, 0.25) is 0 Å². The molecular formula is C15H19N3O2S. The van der Waals surface area contributed by atoms with E-state index in [4.69, 9.17) is 0 Å². The molecule has 0 aliphatic rings. The molecule has 0 radical (unpaired) electrons. The van der Waals surface area contributed by atoms with Gasteiger partial charge in [-0.25, -0.2) is 4.83 Å². The topological polar surface area (TPSA) is 61.8 Å². The van der Waals surface area contributed by atoms with Crippen LogP contribution in [0.15, 0.2) is 46.4 Å². The third kappa shape index (κ3) is 3.16. The number of hydrogen-bond acceptors (Lipinski definition) is 4. The molecule has 2 aromatic rings. The van der Waals surface area contributed by atoms with Crippen molar-refractivity contribution in [1.82, 2.24) is 4.83 Å². The normalized spacial score (nSPS) is 11.2. The molecule has 2 aromatic carbocycles. The molecule has 0 saturated heterocycles. The predicted molar refractivity (Wildman–Crippen MR) is 87.4 cm³/mol. The van der Waals surface area contributed by atoms with Gasteiger partial charge in [0, 0.05) is 36.3 Å². The van der Waals surface area contributed by atoms with Crippen LogP contribution in [0.1, 0.15) is 13.8 Å². The Morgan fingerprint density at radius 2 is 1.67 bits per heavy atom. The minimum Gasteiger partial charge on any atom is -0.377 e. The van der Waals surface area contributed by atoms with Gasteiger partial charge in [-0.15, -0.1) is 0 Å². The van der Waals surface area contributed by atoms with Gasteiger partial charge in [0.25, 0.3) is 10.0 Å². The van der Waals surface area contributed by atoms with Crippen LogP contribution in [0.5, 0.6) is 0 Å². The van der Waals surface area contributed by atoms with Crippen LogP contribution < -0.4 is 9.73 Å². The largest absolute Gasteiger partial charge is 0.377 e. The van der Waals surface area contributed by atoms with Gasteiger partial charge < -0.3 is 4.90 Å². The fourth-order valence-electron chi connectivity index (χ4n) is 2.09. The van der Waals surface area contributed by atoms with E-state index in [0.717, 1.165) is 11.1 Å². The minimum atomic E-state index is -3.68. The average molecular weight is 305 g/mol. The SMILES string of the molecule is CC(C)=NNS(=O)(=O)c1cccc2c(N(C)C)cccc12. The molecule has 112 valence electrons. The summed E-state index contributed by atoms with van der Waals surface area (Å²) in [6, 6.07) is 10.9. The maximum Gasteiger partial charge on any atom is 0.277 e. The lowest BCUT2D eigenvalue weighted by molar-refractivity contribution is 0.585. The van der Waals surface area contributed by atoms with Gasteiger partial charge in [-0.05, 0) is 26.0 Å². The lowest BCUT2D eigenvalue weighted by Gasteiger charge is -2.16. The molecule has 0 saturated carbocycles. The summed E-state index contributed by atoms with van der Waals surface area (Å²) in [4.78, 5) is 4.45. The van der Waals surface area contributed by atoms with Gasteiger partial charge in [0.05, 0.1) is 4.90 Å². The van der Waals surface area contributed by atoms with Crippen molar-refractivity contribution in [3.63, 3.8) is 0 Å². The summed E-state index contributed by atoms with van der Waals surface area (Å²) in [7, 11) is 0.179. The summed E-state index contributed by atoms with van der Waals surface area (Å²) in [6.07, 6.45) is 0. The molecule has 6 heteroatoms. The number of nitrogens with one attached hydrogen (secondary N) is 1. The van der Waals surface area contributed by atoms with Gasteiger partial charge in [0.15, 0.2) is 0 Å². The fourth-order valence-corrected chi connectivity index (χ4v) is 3.22. The smallest absolute Gasteiger partial charge is 0.277 e. The summed E-state index contributed by atoms with van der Waals surface area (Å²) in [5.74, 6) is 0. The van der Waals surface area contributed by atoms with Crippen molar-refractivity contribution in [3.05, 3.63) is 36.4 Å². The summed E-state index contributed by atoms with van der Waals surface area (Å²) >= 11 is 0. The van der Waals surface area contributed by atoms with Gasteiger partial charge in [-0.1, -0.05) is 24.3 Å². The van der Waals surface area contributed by atoms with Crippen LogP contribution in [0.2, 0.25) is 0 Å². The summed E-state index contributed by atoms with van der Waals surface area (Å²) in [5.41, 5.74) is 1.62. The summed E-state index contributed by atoms with van der Waals surface area (Å²) < 4.78 is 24.8. The molecule has 0 fully saturated rings. The average Bonchev–Trinajstić information content (AvgIpc) is 2.43. The number of fused-ring (bicyclic) bond motifs is 1. The first kappa shape index (κ1) is 15.3. The van der Waals surface area contributed by atoms with E-state index in [1.54, 1.807) is 32.0 Å². The Morgan fingerprint density at radius 1 is 1.05 bits per heavy atom. The Kier molecular flexibility index (Phi) is 4.18. The maximum atomic E-state index is 12.4. The van der Waals surface area contributed by atoms with Crippen molar-refractivity contribution < 1.29 is 8.42 Å². The predicted octanol–water partition coefficient (Wildman–Crippen LogP) is 2.58. The summed E-state index contributed by atoms with van der Waals surface area (Å²) in [6.45, 7) is 3.46. The second-order valence-electron chi connectivity index (χ2n) is 5.18. The zero-order valence-electron chi connectivity index (χ0n) is 12.6. The molecule has 5 nitrogen and oxygen atoms in total. The quantitative estimate of drug-likeness (QED) is 0.697. The highest BCUT2D eigenvalue weighted by Gasteiger charge is 2.17. The number of hydrazone groups is 1. The van der Waals surface area contributed by atoms with E-state index in [9.17, 15) is 8.42 Å². The first-order valence-electron chi connectivity index (χ1n) is 6.54. The molecule has 2 rings (SSSR count). The zero-order chi connectivity index (χ0) is 15.6. The van der Waals surface area contributed by atoms with E-state index in [0.29, 0.717) is 11.1 Å². The molecule has 0 aromatic heterocycles. The first-order valence-corrected chi connectivity index (χ1v) is 8.03.